The SMILES string of the molecule is CCCOC(C(=O)O)c1ccc2c(c1)C(C)(C)CCC2(C)C. The Hall–Kier alpha value is -1.35. The molecule has 1 unspecified atom stereocenters. The zero-order valence-electron chi connectivity index (χ0n) is 14.4. The minimum Gasteiger partial charge on any atom is -0.479 e. The van der Waals surface area contributed by atoms with Gasteiger partial charge in [0.2, 0.25) is 0 Å². The lowest BCUT2D eigenvalue weighted by Gasteiger charge is -2.42. The van der Waals surface area contributed by atoms with Crippen LogP contribution in [0.4, 0.5) is 0 Å². The third-order valence-corrected chi connectivity index (χ3v) is 4.89. The van der Waals surface area contributed by atoms with E-state index >= 15 is 0 Å². The van der Waals surface area contributed by atoms with Gasteiger partial charge in [0.15, 0.2) is 6.10 Å². The van der Waals surface area contributed by atoms with E-state index in [1.807, 2.05) is 13.0 Å². The van der Waals surface area contributed by atoms with Crippen molar-refractivity contribution in [3.63, 3.8) is 0 Å². The molecule has 1 aromatic carbocycles. The molecule has 1 aliphatic carbocycles. The van der Waals surface area contributed by atoms with E-state index in [9.17, 15) is 9.90 Å². The maximum atomic E-state index is 11.5. The van der Waals surface area contributed by atoms with Crippen molar-refractivity contribution in [2.24, 2.45) is 0 Å². The highest BCUT2D eigenvalue weighted by Gasteiger charge is 2.37. The average Bonchev–Trinajstić information content (AvgIpc) is 2.44. The second-order valence-electron chi connectivity index (χ2n) is 7.66. The number of fused-ring (bicyclic) bond motifs is 1. The summed E-state index contributed by atoms with van der Waals surface area (Å²) >= 11 is 0. The average molecular weight is 304 g/mol. The van der Waals surface area contributed by atoms with Crippen LogP contribution in [0.3, 0.4) is 0 Å². The van der Waals surface area contributed by atoms with Crippen LogP contribution < -0.4 is 0 Å². The minimum absolute atomic E-state index is 0.0780. The van der Waals surface area contributed by atoms with E-state index < -0.39 is 12.1 Å². The number of carboxylic acids is 1. The fraction of sp³-hybridized carbons (Fsp3) is 0.632. The summed E-state index contributed by atoms with van der Waals surface area (Å²) in [7, 11) is 0. The van der Waals surface area contributed by atoms with E-state index in [1.165, 1.54) is 11.1 Å². The Balaban J connectivity index is 2.47. The Morgan fingerprint density at radius 2 is 1.77 bits per heavy atom. The van der Waals surface area contributed by atoms with Gasteiger partial charge < -0.3 is 9.84 Å². The van der Waals surface area contributed by atoms with Gasteiger partial charge >= 0.3 is 5.97 Å². The van der Waals surface area contributed by atoms with Crippen molar-refractivity contribution in [2.45, 2.75) is 70.8 Å². The summed E-state index contributed by atoms with van der Waals surface area (Å²) < 4.78 is 5.55. The summed E-state index contributed by atoms with van der Waals surface area (Å²) in [5.41, 5.74) is 3.59. The minimum atomic E-state index is -0.915. The van der Waals surface area contributed by atoms with Crippen molar-refractivity contribution in [2.75, 3.05) is 6.61 Å². The molecular formula is C19H28O3. The summed E-state index contributed by atoms with van der Waals surface area (Å²) in [6, 6.07) is 6.10. The predicted octanol–water partition coefficient (Wildman–Crippen LogP) is 4.59. The molecule has 1 aliphatic rings. The maximum Gasteiger partial charge on any atom is 0.337 e. The summed E-state index contributed by atoms with van der Waals surface area (Å²) in [6.45, 7) is 11.5. The highest BCUT2D eigenvalue weighted by Crippen LogP contribution is 2.46. The molecule has 0 amide bonds. The third-order valence-electron chi connectivity index (χ3n) is 4.89. The zero-order valence-corrected chi connectivity index (χ0v) is 14.4. The van der Waals surface area contributed by atoms with Gasteiger partial charge in [0.25, 0.3) is 0 Å². The molecule has 1 atom stereocenters. The first-order chi connectivity index (χ1) is 10.2. The smallest absolute Gasteiger partial charge is 0.337 e. The molecule has 3 heteroatoms. The van der Waals surface area contributed by atoms with Crippen LogP contribution >= 0.6 is 0 Å². The van der Waals surface area contributed by atoms with E-state index in [0.29, 0.717) is 6.61 Å². The Kier molecular flexibility index (Phi) is 4.67. The number of carbonyl (C=O) groups is 1. The first-order valence-electron chi connectivity index (χ1n) is 8.18. The predicted molar refractivity (Wildman–Crippen MR) is 88.3 cm³/mol. The molecule has 0 heterocycles. The highest BCUT2D eigenvalue weighted by atomic mass is 16.5. The molecule has 2 rings (SSSR count). The number of benzene rings is 1. The first-order valence-corrected chi connectivity index (χ1v) is 8.18. The van der Waals surface area contributed by atoms with Crippen molar-refractivity contribution >= 4 is 5.97 Å². The third kappa shape index (κ3) is 3.19. The van der Waals surface area contributed by atoms with Gasteiger partial charge in [-0.3, -0.25) is 0 Å². The summed E-state index contributed by atoms with van der Waals surface area (Å²) in [5.74, 6) is -0.915. The van der Waals surface area contributed by atoms with Crippen molar-refractivity contribution in [3.8, 4) is 0 Å². The molecule has 0 saturated carbocycles. The number of carboxylic acid groups (broad SMARTS) is 1. The van der Waals surface area contributed by atoms with E-state index in [-0.39, 0.29) is 10.8 Å². The topological polar surface area (TPSA) is 46.5 Å². The Morgan fingerprint density at radius 1 is 1.18 bits per heavy atom. The Labute approximate surface area is 133 Å². The molecule has 0 spiro atoms. The van der Waals surface area contributed by atoms with E-state index in [2.05, 4.69) is 39.8 Å². The molecule has 1 aromatic rings. The maximum absolute atomic E-state index is 11.5. The monoisotopic (exact) mass is 304 g/mol. The van der Waals surface area contributed by atoms with Crippen molar-refractivity contribution in [1.29, 1.82) is 0 Å². The van der Waals surface area contributed by atoms with E-state index in [1.54, 1.807) is 0 Å². The van der Waals surface area contributed by atoms with Crippen molar-refractivity contribution < 1.29 is 14.6 Å². The molecule has 0 aliphatic heterocycles. The molecule has 3 nitrogen and oxygen atoms in total. The largest absolute Gasteiger partial charge is 0.479 e. The van der Waals surface area contributed by atoms with Crippen LogP contribution in [0.5, 0.6) is 0 Å². The van der Waals surface area contributed by atoms with Gasteiger partial charge in [-0.05, 0) is 46.8 Å². The standard InChI is InChI=1S/C19H28O3/c1-6-11-22-16(17(20)21)13-7-8-14-15(12-13)19(4,5)10-9-18(14,2)3/h7-8,12,16H,6,9-11H2,1-5H3,(H,20,21). The van der Waals surface area contributed by atoms with Gasteiger partial charge in [0, 0.05) is 6.61 Å². The van der Waals surface area contributed by atoms with Gasteiger partial charge in [-0.2, -0.15) is 0 Å². The summed E-state index contributed by atoms with van der Waals surface area (Å²) in [6.07, 6.45) is 2.21. The second-order valence-corrected chi connectivity index (χ2v) is 7.66. The van der Waals surface area contributed by atoms with E-state index in [0.717, 1.165) is 24.8 Å². The lowest BCUT2D eigenvalue weighted by atomic mass is 9.63. The fourth-order valence-electron chi connectivity index (χ4n) is 3.32. The van der Waals surface area contributed by atoms with Gasteiger partial charge in [0.05, 0.1) is 0 Å². The normalized spacial score (nSPS) is 20.2. The summed E-state index contributed by atoms with van der Waals surface area (Å²) in [5, 5.41) is 9.47. The van der Waals surface area contributed by atoms with Gasteiger partial charge in [-0.1, -0.05) is 52.8 Å². The first kappa shape index (κ1) is 17.0. The second kappa shape index (κ2) is 6.04. The van der Waals surface area contributed by atoms with Crippen LogP contribution in [0.15, 0.2) is 18.2 Å². The molecule has 0 radical (unpaired) electrons. The number of aliphatic carboxylic acids is 1. The lowest BCUT2D eigenvalue weighted by Crippen LogP contribution is -2.34. The fourth-order valence-corrected chi connectivity index (χ4v) is 3.32. The van der Waals surface area contributed by atoms with Gasteiger partial charge in [-0.15, -0.1) is 0 Å². The van der Waals surface area contributed by atoms with Gasteiger partial charge in [-0.25, -0.2) is 4.79 Å². The molecule has 0 bridgehead atoms. The number of hydrogen-bond acceptors (Lipinski definition) is 2. The molecular weight excluding hydrogens is 276 g/mol. The number of ether oxygens (including phenoxy) is 1. The van der Waals surface area contributed by atoms with Crippen LogP contribution in [0.2, 0.25) is 0 Å². The molecule has 0 aromatic heterocycles. The van der Waals surface area contributed by atoms with Crippen LogP contribution in [-0.4, -0.2) is 17.7 Å². The highest BCUT2D eigenvalue weighted by molar-refractivity contribution is 5.74. The lowest BCUT2D eigenvalue weighted by molar-refractivity contribution is -0.150. The van der Waals surface area contributed by atoms with E-state index in [4.69, 9.17) is 4.74 Å². The number of hydrogen-bond donors (Lipinski definition) is 1. The van der Waals surface area contributed by atoms with Crippen LogP contribution in [0.1, 0.15) is 76.7 Å². The molecule has 0 fully saturated rings. The molecule has 1 N–H and O–H groups in total. The van der Waals surface area contributed by atoms with Crippen LogP contribution in [0, 0.1) is 0 Å². The van der Waals surface area contributed by atoms with Crippen LogP contribution in [-0.2, 0) is 20.4 Å². The van der Waals surface area contributed by atoms with Gasteiger partial charge in [0.1, 0.15) is 0 Å². The Morgan fingerprint density at radius 3 is 2.32 bits per heavy atom. The molecule has 122 valence electrons. The van der Waals surface area contributed by atoms with Crippen molar-refractivity contribution in [1.82, 2.24) is 0 Å². The quantitative estimate of drug-likeness (QED) is 0.865. The van der Waals surface area contributed by atoms with Crippen LogP contribution in [0.25, 0.3) is 0 Å². The van der Waals surface area contributed by atoms with Crippen molar-refractivity contribution in [3.05, 3.63) is 34.9 Å². The number of rotatable bonds is 5. The summed E-state index contributed by atoms with van der Waals surface area (Å²) in [4.78, 5) is 11.5. The molecule has 0 saturated heterocycles. The Bertz CT molecular complexity index is 558. The molecule has 22 heavy (non-hydrogen) atoms. The zero-order chi connectivity index (χ0) is 16.5.